The topological polar surface area (TPSA) is 42.0 Å². The molecule has 0 aliphatic heterocycles. The Balaban J connectivity index is 2.06. The lowest BCUT2D eigenvalue weighted by molar-refractivity contribution is 0.0940. The van der Waals surface area contributed by atoms with Crippen LogP contribution in [0.1, 0.15) is 30.8 Å². The molecule has 1 aromatic rings. The first-order chi connectivity index (χ1) is 7.00. The molecule has 1 unspecified atom stereocenters. The fraction of sp³-hybridized carbons (Fsp3) is 0.455. The van der Waals surface area contributed by atoms with Gasteiger partial charge in [-0.05, 0) is 39.9 Å². The molecule has 1 aliphatic carbocycles. The van der Waals surface area contributed by atoms with Crippen LogP contribution in [0, 0.1) is 5.41 Å². The Morgan fingerprint density at radius 2 is 2.33 bits per heavy atom. The molecule has 1 amide bonds. The first kappa shape index (κ1) is 10.6. The third-order valence-corrected chi connectivity index (χ3v) is 3.43. The van der Waals surface area contributed by atoms with Crippen LogP contribution >= 0.6 is 15.9 Å². The van der Waals surface area contributed by atoms with Gasteiger partial charge in [-0.3, -0.25) is 4.79 Å². The minimum atomic E-state index is -0.0990. The molecule has 0 saturated heterocycles. The third kappa shape index (κ3) is 2.20. The van der Waals surface area contributed by atoms with Gasteiger partial charge in [0.05, 0.1) is 0 Å². The summed E-state index contributed by atoms with van der Waals surface area (Å²) in [5.41, 5.74) is 0.705. The molecule has 1 heterocycles. The van der Waals surface area contributed by atoms with E-state index in [2.05, 4.69) is 40.1 Å². The van der Waals surface area contributed by atoms with Crippen LogP contribution < -0.4 is 5.32 Å². The van der Waals surface area contributed by atoms with Gasteiger partial charge in [-0.25, -0.2) is 4.98 Å². The molecule has 1 aliphatic rings. The van der Waals surface area contributed by atoms with Crippen LogP contribution in [0.15, 0.2) is 22.8 Å². The highest BCUT2D eigenvalue weighted by molar-refractivity contribution is 9.10. The molecular formula is C11H13BrN2O. The number of amides is 1. The van der Waals surface area contributed by atoms with E-state index in [1.165, 1.54) is 0 Å². The molecule has 80 valence electrons. The van der Waals surface area contributed by atoms with Gasteiger partial charge in [0, 0.05) is 16.7 Å². The van der Waals surface area contributed by atoms with E-state index in [0.29, 0.717) is 11.7 Å². The average Bonchev–Trinajstić information content (AvgIpc) is 2.74. The number of hydrogen-bond donors (Lipinski definition) is 1. The molecule has 0 aromatic carbocycles. The maximum Gasteiger partial charge on any atom is 0.271 e. The fourth-order valence-corrected chi connectivity index (χ4v) is 1.93. The van der Waals surface area contributed by atoms with Gasteiger partial charge >= 0.3 is 0 Å². The standard InChI is InChI=1S/C11H13BrN2O/c1-11(2)6-8(11)14-10(15)9-7(12)4-3-5-13-9/h3-5,8H,6H2,1-2H3,(H,14,15). The zero-order valence-electron chi connectivity index (χ0n) is 8.75. The van der Waals surface area contributed by atoms with Crippen molar-refractivity contribution in [3.05, 3.63) is 28.5 Å². The normalized spacial score (nSPS) is 22.2. The fourth-order valence-electron chi connectivity index (χ4n) is 1.49. The Bertz CT molecular complexity index is 403. The summed E-state index contributed by atoms with van der Waals surface area (Å²) in [6.07, 6.45) is 2.67. The van der Waals surface area contributed by atoms with Crippen LogP contribution in [0.3, 0.4) is 0 Å². The lowest BCUT2D eigenvalue weighted by Crippen LogP contribution is -2.29. The van der Waals surface area contributed by atoms with Crippen molar-refractivity contribution < 1.29 is 4.79 Å². The van der Waals surface area contributed by atoms with E-state index in [0.717, 1.165) is 10.9 Å². The molecule has 2 rings (SSSR count). The molecule has 0 bridgehead atoms. The molecule has 1 aromatic heterocycles. The molecule has 1 fully saturated rings. The number of carbonyl (C=O) groups is 1. The van der Waals surface area contributed by atoms with E-state index in [4.69, 9.17) is 0 Å². The van der Waals surface area contributed by atoms with Gasteiger partial charge < -0.3 is 5.32 Å². The van der Waals surface area contributed by atoms with Crippen LogP contribution in [-0.4, -0.2) is 16.9 Å². The number of nitrogens with one attached hydrogen (secondary N) is 1. The second-order valence-corrected chi connectivity index (χ2v) is 5.41. The summed E-state index contributed by atoms with van der Waals surface area (Å²) < 4.78 is 0.737. The minimum Gasteiger partial charge on any atom is -0.347 e. The summed E-state index contributed by atoms with van der Waals surface area (Å²) in [7, 11) is 0. The SMILES string of the molecule is CC1(C)CC1NC(=O)c1ncccc1Br. The van der Waals surface area contributed by atoms with Gasteiger partial charge in [-0.15, -0.1) is 0 Å². The lowest BCUT2D eigenvalue weighted by atomic mass is 10.2. The summed E-state index contributed by atoms with van der Waals surface area (Å²) in [6, 6.07) is 3.90. The Morgan fingerprint density at radius 1 is 1.67 bits per heavy atom. The van der Waals surface area contributed by atoms with Crippen molar-refractivity contribution in [2.75, 3.05) is 0 Å². The molecular weight excluding hydrogens is 256 g/mol. The third-order valence-electron chi connectivity index (χ3n) is 2.79. The zero-order valence-corrected chi connectivity index (χ0v) is 10.3. The van der Waals surface area contributed by atoms with Crippen LogP contribution in [0.4, 0.5) is 0 Å². The first-order valence-electron chi connectivity index (χ1n) is 4.92. The van der Waals surface area contributed by atoms with Gasteiger partial charge in [0.1, 0.15) is 5.69 Å². The van der Waals surface area contributed by atoms with Crippen LogP contribution in [0.5, 0.6) is 0 Å². The van der Waals surface area contributed by atoms with Gasteiger partial charge in [-0.2, -0.15) is 0 Å². The van der Waals surface area contributed by atoms with E-state index in [1.807, 2.05) is 6.07 Å². The molecule has 0 radical (unpaired) electrons. The summed E-state index contributed by atoms with van der Waals surface area (Å²) in [6.45, 7) is 4.29. The Labute approximate surface area is 97.4 Å². The zero-order chi connectivity index (χ0) is 11.1. The molecule has 1 N–H and O–H groups in total. The largest absolute Gasteiger partial charge is 0.347 e. The maximum atomic E-state index is 11.8. The van der Waals surface area contributed by atoms with Crippen molar-refractivity contribution in [2.24, 2.45) is 5.41 Å². The van der Waals surface area contributed by atoms with Gasteiger partial charge in [0.25, 0.3) is 5.91 Å². The maximum absolute atomic E-state index is 11.8. The monoisotopic (exact) mass is 268 g/mol. The molecule has 1 atom stereocenters. The van der Waals surface area contributed by atoms with Gasteiger partial charge in [0.2, 0.25) is 0 Å². The number of nitrogens with zero attached hydrogens (tertiary/aromatic N) is 1. The number of pyridine rings is 1. The molecule has 3 nitrogen and oxygen atoms in total. The van der Waals surface area contributed by atoms with Gasteiger partial charge in [-0.1, -0.05) is 13.8 Å². The van der Waals surface area contributed by atoms with E-state index < -0.39 is 0 Å². The highest BCUT2D eigenvalue weighted by Gasteiger charge is 2.46. The van der Waals surface area contributed by atoms with E-state index in [1.54, 1.807) is 12.3 Å². The predicted octanol–water partition coefficient (Wildman–Crippen LogP) is 2.37. The predicted molar refractivity (Wildman–Crippen MR) is 61.6 cm³/mol. The minimum absolute atomic E-state index is 0.0990. The van der Waals surface area contributed by atoms with E-state index in [9.17, 15) is 4.79 Å². The molecule has 15 heavy (non-hydrogen) atoms. The Morgan fingerprint density at radius 3 is 2.87 bits per heavy atom. The highest BCUT2D eigenvalue weighted by atomic mass is 79.9. The Kier molecular flexibility index (Phi) is 2.54. The van der Waals surface area contributed by atoms with E-state index >= 15 is 0 Å². The summed E-state index contributed by atoms with van der Waals surface area (Å²) in [5, 5.41) is 2.97. The van der Waals surface area contributed by atoms with Crippen LogP contribution in [-0.2, 0) is 0 Å². The smallest absolute Gasteiger partial charge is 0.271 e. The molecule has 4 heteroatoms. The van der Waals surface area contributed by atoms with Crippen molar-refractivity contribution >= 4 is 21.8 Å². The highest BCUT2D eigenvalue weighted by Crippen LogP contribution is 2.44. The first-order valence-corrected chi connectivity index (χ1v) is 5.71. The summed E-state index contributed by atoms with van der Waals surface area (Å²) in [4.78, 5) is 15.8. The number of halogens is 1. The second kappa shape index (κ2) is 3.59. The Hall–Kier alpha value is -0.900. The van der Waals surface area contributed by atoms with Crippen molar-refractivity contribution in [2.45, 2.75) is 26.3 Å². The average molecular weight is 269 g/mol. The van der Waals surface area contributed by atoms with Crippen molar-refractivity contribution in [3.63, 3.8) is 0 Å². The summed E-state index contributed by atoms with van der Waals surface area (Å²) in [5.74, 6) is -0.0990. The van der Waals surface area contributed by atoms with Crippen molar-refractivity contribution in [1.82, 2.24) is 10.3 Å². The van der Waals surface area contributed by atoms with Crippen LogP contribution in [0.2, 0.25) is 0 Å². The lowest BCUT2D eigenvalue weighted by Gasteiger charge is -2.07. The number of aromatic nitrogens is 1. The van der Waals surface area contributed by atoms with Crippen LogP contribution in [0.25, 0.3) is 0 Å². The number of hydrogen-bond acceptors (Lipinski definition) is 2. The quantitative estimate of drug-likeness (QED) is 0.895. The number of carbonyl (C=O) groups excluding carboxylic acids is 1. The van der Waals surface area contributed by atoms with Gasteiger partial charge in [0.15, 0.2) is 0 Å². The molecule has 0 spiro atoms. The van der Waals surface area contributed by atoms with Crippen molar-refractivity contribution in [3.8, 4) is 0 Å². The second-order valence-electron chi connectivity index (χ2n) is 4.55. The number of rotatable bonds is 2. The van der Waals surface area contributed by atoms with E-state index in [-0.39, 0.29) is 11.3 Å². The van der Waals surface area contributed by atoms with Crippen molar-refractivity contribution in [1.29, 1.82) is 0 Å². The molecule has 1 saturated carbocycles. The summed E-state index contributed by atoms with van der Waals surface area (Å²) >= 11 is 3.31.